The van der Waals surface area contributed by atoms with Crippen LogP contribution < -0.4 is 4.90 Å². The normalized spacial score (nSPS) is 17.6. The average Bonchev–Trinajstić information content (AvgIpc) is 3.77. The van der Waals surface area contributed by atoms with E-state index in [4.69, 9.17) is 4.42 Å². The Balaban J connectivity index is 1.03. The predicted molar refractivity (Wildman–Crippen MR) is 203 cm³/mol. The monoisotopic (exact) mass is 654 g/mol. The molecule has 5 heteroatoms. The average molecular weight is 655 g/mol. The van der Waals surface area contributed by atoms with Gasteiger partial charge in [0.1, 0.15) is 23.5 Å². The van der Waals surface area contributed by atoms with Crippen molar-refractivity contribution >= 4 is 45.4 Å². The molecule has 0 radical (unpaired) electrons. The maximum absolute atomic E-state index is 10.6. The van der Waals surface area contributed by atoms with E-state index in [1.165, 1.54) is 50.7 Å². The molecule has 0 N–H and O–H groups in total. The highest BCUT2D eigenvalue weighted by atomic mass is 16.3. The Morgan fingerprint density at radius 2 is 1.49 bits per heavy atom. The summed E-state index contributed by atoms with van der Waals surface area (Å²) in [5.41, 5.74) is 15.4. The number of anilines is 2. The van der Waals surface area contributed by atoms with Gasteiger partial charge in [-0.15, -0.1) is 0 Å². The van der Waals surface area contributed by atoms with Gasteiger partial charge in [0.25, 0.3) is 0 Å². The van der Waals surface area contributed by atoms with Gasteiger partial charge in [-0.1, -0.05) is 72.8 Å². The summed E-state index contributed by atoms with van der Waals surface area (Å²) in [4.78, 5) is 2.24. The predicted octanol–water partition coefficient (Wildman–Crippen LogP) is 11.2. The van der Waals surface area contributed by atoms with Crippen LogP contribution in [0.1, 0.15) is 58.0 Å². The van der Waals surface area contributed by atoms with E-state index < -0.39 is 0 Å². The first-order valence-corrected chi connectivity index (χ1v) is 17.7. The van der Waals surface area contributed by atoms with Crippen LogP contribution in [0.4, 0.5) is 11.4 Å². The van der Waals surface area contributed by atoms with E-state index in [-0.39, 0.29) is 0 Å². The quantitative estimate of drug-likeness (QED) is 0.190. The zero-order valence-electron chi connectivity index (χ0n) is 27.7. The van der Waals surface area contributed by atoms with Gasteiger partial charge in [-0.05, 0) is 102 Å². The van der Waals surface area contributed by atoms with E-state index >= 15 is 0 Å². The van der Waals surface area contributed by atoms with Crippen molar-refractivity contribution in [3.05, 3.63) is 148 Å². The molecular formula is C46H30N4O. The lowest BCUT2D eigenvalue weighted by molar-refractivity contribution is 0.596. The SMILES string of the molecule is N#Cc1cc(-c2ccc(-n3c4c(c5c6c7c(oc6ccc53)C=CC3CC73)C=CCC4)c(C#N)c2)ccc1N1Cc2ccccc2-c2ccccc21. The molecule has 7 aromatic rings. The lowest BCUT2D eigenvalue weighted by Gasteiger charge is -2.33. The second-order valence-corrected chi connectivity index (χ2v) is 14.2. The summed E-state index contributed by atoms with van der Waals surface area (Å²) in [7, 11) is 0. The molecule has 0 amide bonds. The fraction of sp³-hybridized carbons (Fsp3) is 0.130. The zero-order chi connectivity index (χ0) is 33.8. The molecule has 3 heterocycles. The number of nitriles is 2. The number of nitrogens with zero attached hydrogens (tertiary/aromatic N) is 4. The minimum atomic E-state index is 0.530. The van der Waals surface area contributed by atoms with Crippen LogP contribution in [0, 0.1) is 28.6 Å². The Morgan fingerprint density at radius 3 is 2.33 bits per heavy atom. The highest BCUT2D eigenvalue weighted by Crippen LogP contribution is 2.57. The standard InChI is InChI=1S/C46H30N4O/c47-24-31-21-27(13-16-37(31)49-26-30-7-1-2-8-33(30)34-9-3-5-11-39(34)49)28-14-17-38(32(22-28)25-48)50-40-12-6-4-10-35(40)44-41(50)18-20-43-46(44)45-36-23-29(36)15-19-42(45)51-43/h1-5,7-11,13-22,29,36H,6,12,23,26H2. The van der Waals surface area contributed by atoms with Crippen LogP contribution in [-0.4, -0.2) is 4.57 Å². The second kappa shape index (κ2) is 10.5. The third-order valence-corrected chi connectivity index (χ3v) is 11.5. The number of benzene rings is 5. The molecule has 1 saturated carbocycles. The van der Waals surface area contributed by atoms with Crippen molar-refractivity contribution in [2.24, 2.45) is 5.92 Å². The zero-order valence-corrected chi connectivity index (χ0v) is 27.7. The van der Waals surface area contributed by atoms with Crippen molar-refractivity contribution in [1.82, 2.24) is 4.57 Å². The minimum Gasteiger partial charge on any atom is -0.456 e. The Hall–Kier alpha value is -6.56. The van der Waals surface area contributed by atoms with Crippen LogP contribution in [0.3, 0.4) is 0 Å². The molecule has 4 aliphatic rings. The van der Waals surface area contributed by atoms with E-state index in [2.05, 4.69) is 131 Å². The number of para-hydroxylation sites is 1. The van der Waals surface area contributed by atoms with Gasteiger partial charge in [-0.3, -0.25) is 0 Å². The summed E-state index contributed by atoms with van der Waals surface area (Å²) in [6, 6.07) is 38.4. The fourth-order valence-electron chi connectivity index (χ4n) is 9.04. The van der Waals surface area contributed by atoms with Gasteiger partial charge in [0, 0.05) is 45.4 Å². The van der Waals surface area contributed by atoms with Crippen molar-refractivity contribution in [1.29, 1.82) is 10.5 Å². The third-order valence-electron chi connectivity index (χ3n) is 11.5. The van der Waals surface area contributed by atoms with Gasteiger partial charge < -0.3 is 13.9 Å². The molecule has 0 spiro atoms. The highest BCUT2D eigenvalue weighted by Gasteiger charge is 2.43. The molecule has 5 aromatic carbocycles. The summed E-state index contributed by atoms with van der Waals surface area (Å²) < 4.78 is 8.73. The second-order valence-electron chi connectivity index (χ2n) is 14.2. The number of aromatic nitrogens is 1. The lowest BCUT2D eigenvalue weighted by Crippen LogP contribution is -2.22. The smallest absolute Gasteiger partial charge is 0.135 e. The van der Waals surface area contributed by atoms with Crippen LogP contribution in [0.15, 0.2) is 114 Å². The van der Waals surface area contributed by atoms with Crippen LogP contribution in [0.5, 0.6) is 0 Å². The molecule has 1 aliphatic heterocycles. The molecule has 1 fully saturated rings. The number of furan rings is 1. The van der Waals surface area contributed by atoms with Crippen LogP contribution in [-0.2, 0) is 13.0 Å². The van der Waals surface area contributed by atoms with Crippen molar-refractivity contribution in [2.75, 3.05) is 4.90 Å². The molecule has 2 atom stereocenters. The molecule has 3 aliphatic carbocycles. The summed E-state index contributed by atoms with van der Waals surface area (Å²) in [5, 5.41) is 23.5. The molecule has 0 saturated heterocycles. The Labute approximate surface area is 295 Å². The van der Waals surface area contributed by atoms with E-state index in [1.807, 2.05) is 12.1 Å². The van der Waals surface area contributed by atoms with Crippen molar-refractivity contribution in [2.45, 2.75) is 31.7 Å². The van der Waals surface area contributed by atoms with Crippen molar-refractivity contribution < 1.29 is 4.42 Å². The first-order chi connectivity index (χ1) is 25.2. The first kappa shape index (κ1) is 28.3. The third kappa shape index (κ3) is 4.01. The van der Waals surface area contributed by atoms with E-state index in [0.717, 1.165) is 57.9 Å². The van der Waals surface area contributed by atoms with Crippen LogP contribution >= 0.6 is 0 Å². The van der Waals surface area contributed by atoms with Gasteiger partial charge in [-0.25, -0.2) is 0 Å². The highest BCUT2D eigenvalue weighted by molar-refractivity contribution is 6.13. The molecule has 0 bridgehead atoms. The molecule has 11 rings (SSSR count). The van der Waals surface area contributed by atoms with Gasteiger partial charge >= 0.3 is 0 Å². The molecule has 2 unspecified atom stereocenters. The lowest BCUT2D eigenvalue weighted by atomic mass is 9.92. The van der Waals surface area contributed by atoms with Crippen molar-refractivity contribution in [3.8, 4) is 40.1 Å². The summed E-state index contributed by atoms with van der Waals surface area (Å²) in [5.74, 6) is 2.14. The number of hydrogen-bond acceptors (Lipinski definition) is 4. The largest absolute Gasteiger partial charge is 0.456 e. The minimum absolute atomic E-state index is 0.530. The Morgan fingerprint density at radius 1 is 0.725 bits per heavy atom. The van der Waals surface area contributed by atoms with Gasteiger partial charge in [-0.2, -0.15) is 10.5 Å². The molecule has 240 valence electrons. The topological polar surface area (TPSA) is 68.9 Å². The first-order valence-electron chi connectivity index (χ1n) is 17.7. The summed E-state index contributed by atoms with van der Waals surface area (Å²) >= 11 is 0. The molecule has 2 aromatic heterocycles. The van der Waals surface area contributed by atoms with Gasteiger partial charge in [0.05, 0.1) is 28.0 Å². The molecule has 5 nitrogen and oxygen atoms in total. The number of hydrogen-bond donors (Lipinski definition) is 0. The van der Waals surface area contributed by atoms with E-state index in [9.17, 15) is 10.5 Å². The Bertz CT molecular complexity index is 2810. The fourth-order valence-corrected chi connectivity index (χ4v) is 9.04. The maximum Gasteiger partial charge on any atom is 0.135 e. The molecule has 51 heavy (non-hydrogen) atoms. The summed E-state index contributed by atoms with van der Waals surface area (Å²) in [6.45, 7) is 0.685. The Kier molecular flexibility index (Phi) is 5.81. The number of allylic oxidation sites excluding steroid dienone is 2. The number of rotatable bonds is 3. The van der Waals surface area contributed by atoms with E-state index in [1.54, 1.807) is 0 Å². The number of fused-ring (bicyclic) bond motifs is 12. The van der Waals surface area contributed by atoms with Crippen LogP contribution in [0.2, 0.25) is 0 Å². The maximum atomic E-state index is 10.6. The van der Waals surface area contributed by atoms with Crippen molar-refractivity contribution in [3.63, 3.8) is 0 Å². The summed E-state index contributed by atoms with van der Waals surface area (Å²) in [6.07, 6.45) is 12.0. The van der Waals surface area contributed by atoms with E-state index in [0.29, 0.717) is 29.5 Å². The molecular weight excluding hydrogens is 625 g/mol. The van der Waals surface area contributed by atoms with Gasteiger partial charge in [0.15, 0.2) is 0 Å². The van der Waals surface area contributed by atoms with Gasteiger partial charge in [0.2, 0.25) is 0 Å². The van der Waals surface area contributed by atoms with Crippen LogP contribution in [0.25, 0.3) is 62.0 Å².